The summed E-state index contributed by atoms with van der Waals surface area (Å²) in [6.07, 6.45) is 6.81. The minimum Gasteiger partial charge on any atom is -0.367 e. The van der Waals surface area contributed by atoms with Gasteiger partial charge in [0.05, 0.1) is 11.9 Å². The molecular weight excluding hydrogens is 226 g/mol. The maximum atomic E-state index is 4.44. The second-order valence-corrected chi connectivity index (χ2v) is 4.68. The van der Waals surface area contributed by atoms with E-state index in [-0.39, 0.29) is 0 Å². The number of aromatic amines is 2. The zero-order chi connectivity index (χ0) is 12.2. The number of hydrogen-bond donors (Lipinski definition) is 3. The standard InChI is InChI=1S/C13H19N5/c1-3-15-9-11(1)12-10-16-13(17-12)2-6-18-7-4-14-5-8-18/h1,3,9-10,14-15H,2,4-8H2,(H,16,17). The first-order chi connectivity index (χ1) is 8.92. The van der Waals surface area contributed by atoms with E-state index in [0.29, 0.717) is 0 Å². The molecule has 5 heteroatoms. The van der Waals surface area contributed by atoms with E-state index in [2.05, 4.69) is 25.2 Å². The predicted octanol–water partition coefficient (Wildman–Crippen LogP) is 0.852. The molecule has 1 fully saturated rings. The molecule has 1 aliphatic rings. The van der Waals surface area contributed by atoms with Gasteiger partial charge in [-0.15, -0.1) is 0 Å². The summed E-state index contributed by atoms with van der Waals surface area (Å²) in [4.78, 5) is 13.4. The van der Waals surface area contributed by atoms with Crippen LogP contribution in [0.5, 0.6) is 0 Å². The molecule has 0 atom stereocenters. The summed E-state index contributed by atoms with van der Waals surface area (Å²) in [7, 11) is 0. The van der Waals surface area contributed by atoms with Crippen molar-refractivity contribution in [3.63, 3.8) is 0 Å². The van der Waals surface area contributed by atoms with Gasteiger partial charge in [0.15, 0.2) is 0 Å². The number of imidazole rings is 1. The quantitative estimate of drug-likeness (QED) is 0.748. The number of nitrogens with zero attached hydrogens (tertiary/aromatic N) is 2. The number of aromatic nitrogens is 3. The first kappa shape index (κ1) is 11.5. The summed E-state index contributed by atoms with van der Waals surface area (Å²) < 4.78 is 0. The van der Waals surface area contributed by atoms with Crippen LogP contribution in [0.3, 0.4) is 0 Å². The maximum Gasteiger partial charge on any atom is 0.107 e. The van der Waals surface area contributed by atoms with Gasteiger partial charge >= 0.3 is 0 Å². The number of nitrogens with one attached hydrogen (secondary N) is 3. The normalized spacial score (nSPS) is 17.1. The van der Waals surface area contributed by atoms with Crippen LogP contribution >= 0.6 is 0 Å². The Bertz CT molecular complexity index is 467. The largest absolute Gasteiger partial charge is 0.367 e. The van der Waals surface area contributed by atoms with E-state index in [9.17, 15) is 0 Å². The van der Waals surface area contributed by atoms with Crippen LogP contribution in [0.1, 0.15) is 5.82 Å². The Labute approximate surface area is 107 Å². The van der Waals surface area contributed by atoms with E-state index in [1.807, 2.05) is 24.7 Å². The summed E-state index contributed by atoms with van der Waals surface area (Å²) in [6.45, 7) is 5.58. The van der Waals surface area contributed by atoms with E-state index in [4.69, 9.17) is 0 Å². The van der Waals surface area contributed by atoms with Crippen molar-refractivity contribution in [3.05, 3.63) is 30.5 Å². The molecule has 18 heavy (non-hydrogen) atoms. The molecule has 0 spiro atoms. The lowest BCUT2D eigenvalue weighted by atomic mass is 10.3. The fourth-order valence-corrected chi connectivity index (χ4v) is 2.33. The van der Waals surface area contributed by atoms with Crippen LogP contribution in [-0.4, -0.2) is 52.6 Å². The molecule has 0 radical (unpaired) electrons. The minimum atomic E-state index is 0.990. The first-order valence-corrected chi connectivity index (χ1v) is 6.52. The molecule has 0 bridgehead atoms. The molecular formula is C13H19N5. The second kappa shape index (κ2) is 5.37. The molecule has 0 amide bonds. The maximum absolute atomic E-state index is 4.44. The highest BCUT2D eigenvalue weighted by atomic mass is 15.2. The zero-order valence-corrected chi connectivity index (χ0v) is 10.4. The predicted molar refractivity (Wildman–Crippen MR) is 71.4 cm³/mol. The summed E-state index contributed by atoms with van der Waals surface area (Å²) in [5, 5.41) is 3.37. The fraction of sp³-hybridized carbons (Fsp3) is 0.462. The van der Waals surface area contributed by atoms with Gasteiger partial charge in [-0.1, -0.05) is 0 Å². The highest BCUT2D eigenvalue weighted by molar-refractivity contribution is 5.57. The van der Waals surface area contributed by atoms with Crippen LogP contribution in [0.15, 0.2) is 24.7 Å². The van der Waals surface area contributed by atoms with Gasteiger partial charge in [0.25, 0.3) is 0 Å². The van der Waals surface area contributed by atoms with Crippen molar-refractivity contribution in [3.8, 4) is 11.3 Å². The molecule has 96 valence electrons. The van der Waals surface area contributed by atoms with Gasteiger partial charge in [0.1, 0.15) is 5.82 Å². The molecule has 0 unspecified atom stereocenters. The third-order valence-corrected chi connectivity index (χ3v) is 3.41. The monoisotopic (exact) mass is 245 g/mol. The summed E-state index contributed by atoms with van der Waals surface area (Å²) in [6, 6.07) is 2.05. The second-order valence-electron chi connectivity index (χ2n) is 4.68. The van der Waals surface area contributed by atoms with E-state index < -0.39 is 0 Å². The van der Waals surface area contributed by atoms with Gasteiger partial charge in [-0.3, -0.25) is 0 Å². The summed E-state index contributed by atoms with van der Waals surface area (Å²) in [5.41, 5.74) is 2.25. The van der Waals surface area contributed by atoms with Gasteiger partial charge in [0.2, 0.25) is 0 Å². The molecule has 0 aliphatic carbocycles. The van der Waals surface area contributed by atoms with E-state index >= 15 is 0 Å². The zero-order valence-electron chi connectivity index (χ0n) is 10.4. The lowest BCUT2D eigenvalue weighted by Crippen LogP contribution is -2.44. The lowest BCUT2D eigenvalue weighted by molar-refractivity contribution is 0.242. The molecule has 1 saturated heterocycles. The molecule has 3 rings (SSSR count). The summed E-state index contributed by atoms with van der Waals surface area (Å²) in [5.74, 6) is 1.07. The molecule has 3 heterocycles. The number of H-pyrrole nitrogens is 2. The molecule has 1 aliphatic heterocycles. The van der Waals surface area contributed by atoms with Crippen molar-refractivity contribution < 1.29 is 0 Å². The van der Waals surface area contributed by atoms with Crippen molar-refractivity contribution in [1.29, 1.82) is 0 Å². The van der Waals surface area contributed by atoms with Crippen molar-refractivity contribution in [2.24, 2.45) is 0 Å². The number of hydrogen-bond acceptors (Lipinski definition) is 3. The third kappa shape index (κ3) is 2.63. The van der Waals surface area contributed by atoms with Gasteiger partial charge in [0, 0.05) is 57.1 Å². The summed E-state index contributed by atoms with van der Waals surface area (Å²) >= 11 is 0. The Kier molecular flexibility index (Phi) is 3.43. The van der Waals surface area contributed by atoms with Crippen LogP contribution < -0.4 is 5.32 Å². The van der Waals surface area contributed by atoms with Gasteiger partial charge < -0.3 is 20.2 Å². The van der Waals surface area contributed by atoms with Crippen LogP contribution in [0.4, 0.5) is 0 Å². The van der Waals surface area contributed by atoms with Crippen LogP contribution in [0.2, 0.25) is 0 Å². The number of rotatable bonds is 4. The van der Waals surface area contributed by atoms with Crippen LogP contribution in [0.25, 0.3) is 11.3 Å². The van der Waals surface area contributed by atoms with Crippen molar-refractivity contribution in [1.82, 2.24) is 25.2 Å². The Balaban J connectivity index is 1.57. The van der Waals surface area contributed by atoms with Crippen molar-refractivity contribution in [2.45, 2.75) is 6.42 Å². The van der Waals surface area contributed by atoms with Crippen molar-refractivity contribution in [2.75, 3.05) is 32.7 Å². The van der Waals surface area contributed by atoms with E-state index in [0.717, 1.165) is 56.2 Å². The lowest BCUT2D eigenvalue weighted by Gasteiger charge is -2.26. The van der Waals surface area contributed by atoms with Crippen LogP contribution in [0, 0.1) is 0 Å². The third-order valence-electron chi connectivity index (χ3n) is 3.41. The number of piperazine rings is 1. The van der Waals surface area contributed by atoms with Crippen LogP contribution in [-0.2, 0) is 6.42 Å². The molecule has 3 N–H and O–H groups in total. The average Bonchev–Trinajstić information content (AvgIpc) is 3.08. The Morgan fingerprint density at radius 1 is 1.28 bits per heavy atom. The highest BCUT2D eigenvalue weighted by Crippen LogP contribution is 2.15. The van der Waals surface area contributed by atoms with E-state index in [1.165, 1.54) is 0 Å². The molecule has 2 aromatic heterocycles. The highest BCUT2D eigenvalue weighted by Gasteiger charge is 2.10. The fourth-order valence-electron chi connectivity index (χ4n) is 2.33. The smallest absolute Gasteiger partial charge is 0.107 e. The van der Waals surface area contributed by atoms with Crippen molar-refractivity contribution >= 4 is 0 Å². The molecule has 5 nitrogen and oxygen atoms in total. The topological polar surface area (TPSA) is 59.7 Å². The Morgan fingerprint density at radius 2 is 2.17 bits per heavy atom. The SMILES string of the molecule is c1cc(-c2cnc(CCN3CCNCC3)[nH]2)c[nH]1. The Hall–Kier alpha value is -1.59. The molecule has 0 saturated carbocycles. The Morgan fingerprint density at radius 3 is 2.94 bits per heavy atom. The first-order valence-electron chi connectivity index (χ1n) is 6.52. The van der Waals surface area contributed by atoms with Gasteiger partial charge in [-0.2, -0.15) is 0 Å². The average molecular weight is 245 g/mol. The van der Waals surface area contributed by atoms with Gasteiger partial charge in [-0.05, 0) is 6.07 Å². The molecule has 0 aromatic carbocycles. The minimum absolute atomic E-state index is 0.990. The van der Waals surface area contributed by atoms with Gasteiger partial charge in [-0.25, -0.2) is 4.98 Å². The molecule has 2 aromatic rings. The van der Waals surface area contributed by atoms with E-state index in [1.54, 1.807) is 0 Å².